The number of fused-ring (bicyclic) bond motifs is 3. The minimum atomic E-state index is -1.51. The minimum Gasteiger partial charge on any atom is -0.460 e. The number of esters is 4. The van der Waals surface area contributed by atoms with Crippen LogP contribution >= 0.6 is 0 Å². The van der Waals surface area contributed by atoms with Gasteiger partial charge in [0, 0.05) is 33.1 Å². The van der Waals surface area contributed by atoms with Gasteiger partial charge >= 0.3 is 30.0 Å². The smallest absolute Gasteiger partial charge is 0.407 e. The molecule has 17 heteroatoms. The number of benzene rings is 2. The zero-order chi connectivity index (χ0) is 39.2. The van der Waals surface area contributed by atoms with Crippen LogP contribution in [0.1, 0.15) is 50.7 Å². The number of primary amides is 1. The number of rotatable bonds is 17. The van der Waals surface area contributed by atoms with Gasteiger partial charge in [0.15, 0.2) is 24.6 Å². The highest BCUT2D eigenvalue weighted by Gasteiger charge is 2.48. The van der Waals surface area contributed by atoms with Crippen molar-refractivity contribution in [2.45, 2.75) is 70.2 Å². The molecule has 0 bridgehead atoms. The van der Waals surface area contributed by atoms with E-state index in [-0.39, 0.29) is 32.2 Å². The van der Waals surface area contributed by atoms with E-state index in [4.69, 9.17) is 38.9 Å². The lowest BCUT2D eigenvalue weighted by Gasteiger charge is -2.40. The first-order valence-electron chi connectivity index (χ1n) is 17.1. The molecule has 0 saturated carbocycles. The monoisotopic (exact) mass is 753 g/mol. The highest BCUT2D eigenvalue weighted by atomic mass is 16.7. The number of allylic oxidation sites excluding steroid dienone is 1. The number of carbonyl (C=O) groups is 7. The van der Waals surface area contributed by atoms with Crippen LogP contribution in [0.15, 0.2) is 60.7 Å². The van der Waals surface area contributed by atoms with Crippen molar-refractivity contribution < 1.29 is 66.7 Å². The molecule has 0 aromatic heterocycles. The third-order valence-electron chi connectivity index (χ3n) is 8.16. The van der Waals surface area contributed by atoms with Crippen molar-refractivity contribution in [3.8, 4) is 11.1 Å². The maximum absolute atomic E-state index is 13.4. The van der Waals surface area contributed by atoms with Gasteiger partial charge in [0.05, 0.1) is 13.2 Å². The highest BCUT2D eigenvalue weighted by molar-refractivity contribution is 5.88. The summed E-state index contributed by atoms with van der Waals surface area (Å²) in [4.78, 5) is 85.5. The third kappa shape index (κ3) is 11.9. The molecule has 290 valence electrons. The van der Waals surface area contributed by atoms with Crippen LogP contribution in [0, 0.1) is 0 Å². The van der Waals surface area contributed by atoms with E-state index < -0.39 is 85.6 Å². The number of alkyl carbamates (subject to hydrolysis) is 1. The predicted octanol–water partition coefficient (Wildman–Crippen LogP) is 1.54. The standard InChI is InChI=1S/C37H43N3O14/c1-21(41)52-30-20-50-36(34(54-23(3)43)33(30)53-22(2)42)49-19-29(35(46)39-17-32(45)48-16-10-4-5-15-31(38)44)40-37(47)51-18-28-26-13-8-6-11-24(26)25-12-7-9-14-27(25)28/h4,6-14,28-30,33-34,36H,5,15-20H2,1-3H3,(H2,38,44)(H,39,46)(H,40,47)/b10-4+/t29-,30+,33-,34+,36+/m0/s1. The second-order valence-electron chi connectivity index (χ2n) is 12.2. The summed E-state index contributed by atoms with van der Waals surface area (Å²) in [5.74, 6) is -4.76. The van der Waals surface area contributed by atoms with E-state index in [9.17, 15) is 33.6 Å². The Kier molecular flexibility index (Phi) is 15.1. The van der Waals surface area contributed by atoms with Gasteiger partial charge in [-0.15, -0.1) is 0 Å². The number of nitrogens with two attached hydrogens (primary N) is 1. The van der Waals surface area contributed by atoms with Gasteiger partial charge in [-0.05, 0) is 28.7 Å². The topological polar surface area (TPSA) is 234 Å². The molecule has 4 N–H and O–H groups in total. The molecule has 3 amide bonds. The molecule has 0 radical (unpaired) electrons. The maximum Gasteiger partial charge on any atom is 0.407 e. The molecule has 1 saturated heterocycles. The van der Waals surface area contributed by atoms with Gasteiger partial charge in [-0.2, -0.15) is 0 Å². The molecule has 1 heterocycles. The molecule has 17 nitrogen and oxygen atoms in total. The van der Waals surface area contributed by atoms with Crippen molar-refractivity contribution in [2.24, 2.45) is 5.73 Å². The average molecular weight is 754 g/mol. The summed E-state index contributed by atoms with van der Waals surface area (Å²) in [6, 6.07) is 13.9. The van der Waals surface area contributed by atoms with Gasteiger partial charge in [-0.3, -0.25) is 28.8 Å². The Morgan fingerprint density at radius 3 is 2.06 bits per heavy atom. The SMILES string of the molecule is CC(=O)O[C@@H]1[C@@H](OC(C)=O)[C@H](OC[C@H](NC(=O)OCC2c3ccccc3-c3ccccc32)C(=O)NCC(=O)OC/C=C/CCC(N)=O)OC[C@H]1OC(C)=O. The molecular formula is C37H43N3O14. The van der Waals surface area contributed by atoms with Gasteiger partial charge in [0.25, 0.3) is 0 Å². The van der Waals surface area contributed by atoms with E-state index >= 15 is 0 Å². The Bertz CT molecular complexity index is 1680. The van der Waals surface area contributed by atoms with E-state index in [0.717, 1.165) is 43.0 Å². The van der Waals surface area contributed by atoms with Crippen LogP contribution in [-0.4, -0.2) is 105 Å². The number of ether oxygens (including phenoxy) is 7. The summed E-state index contributed by atoms with van der Waals surface area (Å²) in [5.41, 5.74) is 9.04. The third-order valence-corrected chi connectivity index (χ3v) is 8.16. The maximum atomic E-state index is 13.4. The zero-order valence-corrected chi connectivity index (χ0v) is 30.0. The lowest BCUT2D eigenvalue weighted by Crippen LogP contribution is -2.59. The fourth-order valence-corrected chi connectivity index (χ4v) is 5.89. The second-order valence-corrected chi connectivity index (χ2v) is 12.2. The summed E-state index contributed by atoms with van der Waals surface area (Å²) in [7, 11) is 0. The lowest BCUT2D eigenvalue weighted by molar-refractivity contribution is -0.281. The molecule has 5 atom stereocenters. The number of amides is 3. The van der Waals surface area contributed by atoms with E-state index in [1.807, 2.05) is 48.5 Å². The first-order chi connectivity index (χ1) is 25.8. The lowest BCUT2D eigenvalue weighted by atomic mass is 9.98. The fraction of sp³-hybridized carbons (Fsp3) is 0.432. The first-order valence-corrected chi connectivity index (χ1v) is 17.1. The Balaban J connectivity index is 1.45. The van der Waals surface area contributed by atoms with Crippen molar-refractivity contribution in [1.82, 2.24) is 10.6 Å². The summed E-state index contributed by atoms with van der Waals surface area (Å²) in [6.07, 6.45) is -2.83. The number of carbonyl (C=O) groups excluding carboxylic acids is 7. The van der Waals surface area contributed by atoms with E-state index in [0.29, 0.717) is 6.42 Å². The van der Waals surface area contributed by atoms with Crippen LogP contribution in [0.4, 0.5) is 4.79 Å². The van der Waals surface area contributed by atoms with Gasteiger partial charge < -0.3 is 49.5 Å². The molecule has 2 aromatic rings. The van der Waals surface area contributed by atoms with E-state index in [2.05, 4.69) is 10.6 Å². The van der Waals surface area contributed by atoms with Crippen LogP contribution in [-0.2, 0) is 61.9 Å². The number of hydrogen-bond donors (Lipinski definition) is 3. The summed E-state index contributed by atoms with van der Waals surface area (Å²) in [6.45, 7) is 1.55. The molecular weight excluding hydrogens is 710 g/mol. The quantitative estimate of drug-likeness (QED) is 0.118. The highest BCUT2D eigenvalue weighted by Crippen LogP contribution is 2.44. The van der Waals surface area contributed by atoms with Gasteiger partial charge in [0.2, 0.25) is 11.8 Å². The van der Waals surface area contributed by atoms with Crippen LogP contribution < -0.4 is 16.4 Å². The normalized spacial score (nSPS) is 19.4. The Hall–Kier alpha value is -5.81. The van der Waals surface area contributed by atoms with Crippen molar-refractivity contribution >= 4 is 41.8 Å². The van der Waals surface area contributed by atoms with Crippen LogP contribution in [0.2, 0.25) is 0 Å². The van der Waals surface area contributed by atoms with Crippen molar-refractivity contribution in [1.29, 1.82) is 0 Å². The molecule has 0 unspecified atom stereocenters. The average Bonchev–Trinajstić information content (AvgIpc) is 3.44. The van der Waals surface area contributed by atoms with Crippen molar-refractivity contribution in [2.75, 3.05) is 33.0 Å². The van der Waals surface area contributed by atoms with Crippen LogP contribution in [0.3, 0.4) is 0 Å². The molecule has 2 aliphatic rings. The molecule has 2 aromatic carbocycles. The second kappa shape index (κ2) is 19.9. The Morgan fingerprint density at radius 1 is 0.833 bits per heavy atom. The zero-order valence-electron chi connectivity index (χ0n) is 30.0. The largest absolute Gasteiger partial charge is 0.460 e. The Labute approximate surface area is 310 Å². The van der Waals surface area contributed by atoms with Crippen molar-refractivity contribution in [3.63, 3.8) is 0 Å². The Morgan fingerprint density at radius 2 is 1.44 bits per heavy atom. The van der Waals surface area contributed by atoms with Crippen molar-refractivity contribution in [3.05, 3.63) is 71.8 Å². The molecule has 1 fully saturated rings. The first kappa shape index (κ1) is 41.0. The number of hydrogen-bond acceptors (Lipinski definition) is 14. The molecule has 1 aliphatic heterocycles. The van der Waals surface area contributed by atoms with E-state index in [1.165, 1.54) is 6.08 Å². The van der Waals surface area contributed by atoms with Gasteiger partial charge in [-0.25, -0.2) is 4.79 Å². The van der Waals surface area contributed by atoms with Crippen LogP contribution in [0.5, 0.6) is 0 Å². The minimum absolute atomic E-state index is 0.0732. The molecule has 1 aliphatic carbocycles. The van der Waals surface area contributed by atoms with Crippen LogP contribution in [0.25, 0.3) is 11.1 Å². The fourth-order valence-electron chi connectivity index (χ4n) is 5.89. The van der Waals surface area contributed by atoms with Gasteiger partial charge in [-0.1, -0.05) is 60.7 Å². The predicted molar refractivity (Wildman–Crippen MR) is 186 cm³/mol. The molecule has 4 rings (SSSR count). The number of nitrogens with one attached hydrogen (secondary N) is 2. The molecule has 0 spiro atoms. The van der Waals surface area contributed by atoms with E-state index in [1.54, 1.807) is 6.08 Å². The summed E-state index contributed by atoms with van der Waals surface area (Å²) in [5, 5.41) is 4.81. The summed E-state index contributed by atoms with van der Waals surface area (Å²) >= 11 is 0. The van der Waals surface area contributed by atoms with Gasteiger partial charge in [0.1, 0.15) is 25.8 Å². The summed E-state index contributed by atoms with van der Waals surface area (Å²) < 4.78 is 38.0. The molecule has 54 heavy (non-hydrogen) atoms.